The Kier molecular flexibility index (Phi) is 5.33. The predicted molar refractivity (Wildman–Crippen MR) is 98.6 cm³/mol. The summed E-state index contributed by atoms with van der Waals surface area (Å²) in [6, 6.07) is 13.0. The van der Waals surface area contributed by atoms with Crippen LogP contribution in [0.15, 0.2) is 57.8 Å². The van der Waals surface area contributed by atoms with E-state index in [9.17, 15) is 18.5 Å². The number of fused-ring (bicyclic) bond motifs is 1. The van der Waals surface area contributed by atoms with E-state index < -0.39 is 20.6 Å². The monoisotopic (exact) mass is 395 g/mol. The smallest absolute Gasteiger partial charge is 0.258 e. The molecule has 7 nitrogen and oxygen atoms in total. The van der Waals surface area contributed by atoms with Crippen LogP contribution in [0.2, 0.25) is 0 Å². The average Bonchev–Trinajstić information content (AvgIpc) is 3.01. The van der Waals surface area contributed by atoms with Gasteiger partial charge in [-0.1, -0.05) is 36.0 Å². The summed E-state index contributed by atoms with van der Waals surface area (Å²) in [7, 11) is -3.94. The second kappa shape index (κ2) is 7.48. The number of thioether (sulfide) groups is 1. The second-order valence-corrected chi connectivity index (χ2v) is 9.03. The number of para-hydroxylation sites is 2. The number of rotatable bonds is 7. The molecular weight excluding hydrogens is 382 g/mol. The summed E-state index contributed by atoms with van der Waals surface area (Å²) >= 11 is 2.98. The third kappa shape index (κ3) is 4.15. The largest absolute Gasteiger partial charge is 0.289 e. The lowest BCUT2D eigenvalue weighted by atomic mass is 10.3. The lowest BCUT2D eigenvalue weighted by Crippen LogP contribution is -2.26. The third-order valence-electron chi connectivity index (χ3n) is 3.25. The number of sulfonamides is 1. The van der Waals surface area contributed by atoms with Gasteiger partial charge in [0, 0.05) is 18.4 Å². The zero-order valence-corrected chi connectivity index (χ0v) is 15.2. The van der Waals surface area contributed by atoms with Crippen LogP contribution in [-0.4, -0.2) is 30.6 Å². The van der Waals surface area contributed by atoms with Crippen molar-refractivity contribution in [1.82, 2.24) is 9.71 Å². The van der Waals surface area contributed by atoms with E-state index in [1.165, 1.54) is 36.0 Å². The lowest BCUT2D eigenvalue weighted by Gasteiger charge is -2.06. The standard InChI is InChI=1S/C15H13N3O4S3/c19-18(20)12-6-2-4-8-14(12)25(21,22)16-9-10-23-15-17-11-5-1-3-7-13(11)24-15/h1-8,16H,9-10H2. The number of hydrogen-bond donors (Lipinski definition) is 1. The van der Waals surface area contributed by atoms with Gasteiger partial charge in [-0.05, 0) is 18.2 Å². The minimum atomic E-state index is -3.94. The van der Waals surface area contributed by atoms with Gasteiger partial charge in [-0.3, -0.25) is 10.1 Å². The van der Waals surface area contributed by atoms with Crippen LogP contribution in [0.25, 0.3) is 10.2 Å². The van der Waals surface area contributed by atoms with Crippen LogP contribution in [0.5, 0.6) is 0 Å². The summed E-state index contributed by atoms with van der Waals surface area (Å²) in [5.74, 6) is 0.472. The molecule has 0 aliphatic heterocycles. The van der Waals surface area contributed by atoms with Crippen LogP contribution in [0, 0.1) is 10.1 Å². The van der Waals surface area contributed by atoms with Crippen LogP contribution < -0.4 is 4.72 Å². The molecular formula is C15H13N3O4S3. The first-order chi connectivity index (χ1) is 12.0. The van der Waals surface area contributed by atoms with Crippen molar-refractivity contribution >= 4 is 49.0 Å². The molecule has 0 aliphatic rings. The molecule has 0 aliphatic carbocycles. The summed E-state index contributed by atoms with van der Waals surface area (Å²) in [6.45, 7) is 0.148. The Morgan fingerprint density at radius 2 is 1.88 bits per heavy atom. The Labute approximate surface area is 152 Å². The van der Waals surface area contributed by atoms with Crippen molar-refractivity contribution in [3.63, 3.8) is 0 Å². The fourth-order valence-corrected chi connectivity index (χ4v) is 5.46. The highest BCUT2D eigenvalue weighted by Crippen LogP contribution is 2.29. The van der Waals surface area contributed by atoms with E-state index in [-0.39, 0.29) is 11.4 Å². The number of thiazole rings is 1. The molecule has 130 valence electrons. The zero-order valence-electron chi connectivity index (χ0n) is 12.8. The fourth-order valence-electron chi connectivity index (χ4n) is 2.14. The predicted octanol–water partition coefficient (Wildman–Crippen LogP) is 3.28. The highest BCUT2D eigenvalue weighted by molar-refractivity contribution is 8.01. The molecule has 0 bridgehead atoms. The van der Waals surface area contributed by atoms with Crippen LogP contribution in [0.4, 0.5) is 5.69 Å². The maximum atomic E-state index is 12.3. The molecule has 0 fully saturated rings. The maximum Gasteiger partial charge on any atom is 0.289 e. The molecule has 0 radical (unpaired) electrons. The summed E-state index contributed by atoms with van der Waals surface area (Å²) in [6.07, 6.45) is 0. The first-order valence-electron chi connectivity index (χ1n) is 7.19. The number of nitro groups is 1. The first-order valence-corrected chi connectivity index (χ1v) is 10.5. The van der Waals surface area contributed by atoms with Gasteiger partial charge in [0.05, 0.1) is 15.1 Å². The van der Waals surface area contributed by atoms with Gasteiger partial charge >= 0.3 is 0 Å². The van der Waals surface area contributed by atoms with E-state index in [0.29, 0.717) is 5.75 Å². The van der Waals surface area contributed by atoms with E-state index in [1.807, 2.05) is 24.3 Å². The zero-order chi connectivity index (χ0) is 17.9. The molecule has 0 unspecified atom stereocenters. The Bertz CT molecular complexity index is 985. The van der Waals surface area contributed by atoms with Crippen molar-refractivity contribution in [2.75, 3.05) is 12.3 Å². The van der Waals surface area contributed by atoms with Gasteiger partial charge in [0.15, 0.2) is 9.24 Å². The molecule has 0 atom stereocenters. The highest BCUT2D eigenvalue weighted by Gasteiger charge is 2.24. The van der Waals surface area contributed by atoms with E-state index >= 15 is 0 Å². The van der Waals surface area contributed by atoms with Gasteiger partial charge in [-0.15, -0.1) is 11.3 Å². The van der Waals surface area contributed by atoms with Crippen molar-refractivity contribution in [2.24, 2.45) is 0 Å². The van der Waals surface area contributed by atoms with Crippen molar-refractivity contribution in [2.45, 2.75) is 9.24 Å². The Morgan fingerprint density at radius 1 is 1.16 bits per heavy atom. The van der Waals surface area contributed by atoms with Gasteiger partial charge in [0.1, 0.15) is 0 Å². The van der Waals surface area contributed by atoms with Gasteiger partial charge in [-0.2, -0.15) is 0 Å². The van der Waals surface area contributed by atoms with Crippen LogP contribution in [0.3, 0.4) is 0 Å². The summed E-state index contributed by atoms with van der Waals surface area (Å²) in [5.41, 5.74) is 0.476. The second-order valence-electron chi connectivity index (χ2n) is 4.92. The van der Waals surface area contributed by atoms with Gasteiger partial charge in [0.25, 0.3) is 5.69 Å². The number of nitrogens with one attached hydrogen (secondary N) is 1. The molecule has 0 saturated carbocycles. The molecule has 1 aromatic heterocycles. The maximum absolute atomic E-state index is 12.3. The summed E-state index contributed by atoms with van der Waals surface area (Å²) < 4.78 is 28.9. The van der Waals surface area contributed by atoms with E-state index in [1.54, 1.807) is 11.3 Å². The van der Waals surface area contributed by atoms with E-state index in [2.05, 4.69) is 9.71 Å². The number of aromatic nitrogens is 1. The quantitative estimate of drug-likeness (QED) is 0.285. The van der Waals surface area contributed by atoms with Crippen molar-refractivity contribution in [1.29, 1.82) is 0 Å². The normalized spacial score (nSPS) is 11.7. The Hall–Kier alpha value is -2.01. The minimum Gasteiger partial charge on any atom is -0.258 e. The Morgan fingerprint density at radius 3 is 2.64 bits per heavy atom. The van der Waals surface area contributed by atoms with Gasteiger partial charge < -0.3 is 0 Å². The van der Waals surface area contributed by atoms with Crippen molar-refractivity contribution in [3.8, 4) is 0 Å². The summed E-state index contributed by atoms with van der Waals surface area (Å²) in [5, 5.41) is 11.0. The minimum absolute atomic E-state index is 0.148. The highest BCUT2D eigenvalue weighted by atomic mass is 32.2. The van der Waals surface area contributed by atoms with Gasteiger partial charge in [-0.25, -0.2) is 18.1 Å². The molecule has 3 rings (SSSR count). The molecule has 0 amide bonds. The molecule has 10 heteroatoms. The topological polar surface area (TPSA) is 102 Å². The van der Waals surface area contributed by atoms with Crippen LogP contribution in [0.1, 0.15) is 0 Å². The van der Waals surface area contributed by atoms with Gasteiger partial charge in [0.2, 0.25) is 10.0 Å². The Balaban J connectivity index is 1.62. The fraction of sp³-hybridized carbons (Fsp3) is 0.133. The molecule has 3 aromatic rings. The average molecular weight is 395 g/mol. The van der Waals surface area contributed by atoms with Crippen molar-refractivity contribution in [3.05, 3.63) is 58.6 Å². The lowest BCUT2D eigenvalue weighted by molar-refractivity contribution is -0.387. The summed E-state index contributed by atoms with van der Waals surface area (Å²) in [4.78, 5) is 14.4. The molecule has 25 heavy (non-hydrogen) atoms. The van der Waals surface area contributed by atoms with E-state index in [4.69, 9.17) is 0 Å². The SMILES string of the molecule is O=[N+]([O-])c1ccccc1S(=O)(=O)NCCSc1nc2ccccc2s1. The number of nitrogens with zero attached hydrogens (tertiary/aromatic N) is 2. The van der Waals surface area contributed by atoms with E-state index in [0.717, 1.165) is 14.6 Å². The first kappa shape index (κ1) is 17.8. The molecule has 2 aromatic carbocycles. The molecule has 1 heterocycles. The van der Waals surface area contributed by atoms with Crippen LogP contribution >= 0.6 is 23.1 Å². The van der Waals surface area contributed by atoms with Crippen molar-refractivity contribution < 1.29 is 13.3 Å². The third-order valence-corrected chi connectivity index (χ3v) is 6.93. The molecule has 1 N–H and O–H groups in total. The number of hydrogen-bond acceptors (Lipinski definition) is 7. The molecule has 0 saturated heterocycles. The molecule has 0 spiro atoms. The van der Waals surface area contributed by atoms with Crippen LogP contribution in [-0.2, 0) is 10.0 Å². The number of benzene rings is 2. The number of nitro benzene ring substituents is 1.